The number of hydrogen-bond donors (Lipinski definition) is 0. The summed E-state index contributed by atoms with van der Waals surface area (Å²) in [5, 5.41) is 0. The lowest BCUT2D eigenvalue weighted by molar-refractivity contribution is 0.0423. The molecule has 13 heavy (non-hydrogen) atoms. The number of hydrogen-bond acceptors (Lipinski definition) is 2. The predicted molar refractivity (Wildman–Crippen MR) is 55.2 cm³/mol. The Morgan fingerprint density at radius 2 is 2.15 bits per heavy atom. The van der Waals surface area contributed by atoms with E-state index in [0.717, 1.165) is 25.7 Å². The van der Waals surface area contributed by atoms with Crippen LogP contribution in [0.3, 0.4) is 0 Å². The fourth-order valence-corrected chi connectivity index (χ4v) is 2.17. The number of halogens is 1. The molecular formula is C10H17BrO2. The van der Waals surface area contributed by atoms with Crippen LogP contribution in [-0.2, 0) is 9.47 Å². The molecule has 0 aromatic heterocycles. The number of ether oxygens (including phenoxy) is 2. The molecule has 2 unspecified atom stereocenters. The van der Waals surface area contributed by atoms with Crippen LogP contribution in [0.5, 0.6) is 0 Å². The first-order valence-corrected chi connectivity index (χ1v) is 6.11. The van der Waals surface area contributed by atoms with Crippen LogP contribution in [0.2, 0.25) is 0 Å². The zero-order valence-electron chi connectivity index (χ0n) is 7.88. The van der Waals surface area contributed by atoms with E-state index in [1.54, 1.807) is 0 Å². The van der Waals surface area contributed by atoms with Gasteiger partial charge in [-0.15, -0.1) is 0 Å². The SMILES string of the molecule is BrC1COCC1OCCCC1CC1. The molecule has 0 spiro atoms. The molecule has 2 fully saturated rings. The Bertz CT molecular complexity index is 159. The van der Waals surface area contributed by atoms with E-state index < -0.39 is 0 Å². The first-order chi connectivity index (χ1) is 6.36. The second-order valence-corrected chi connectivity index (χ2v) is 5.22. The average Bonchev–Trinajstić information content (AvgIpc) is 2.86. The summed E-state index contributed by atoms with van der Waals surface area (Å²) in [7, 11) is 0. The summed E-state index contributed by atoms with van der Waals surface area (Å²) in [5.74, 6) is 1.03. The highest BCUT2D eigenvalue weighted by Crippen LogP contribution is 2.33. The van der Waals surface area contributed by atoms with Crippen LogP contribution >= 0.6 is 15.9 Å². The lowest BCUT2D eigenvalue weighted by atomic mass is 10.2. The minimum Gasteiger partial charge on any atom is -0.377 e. The maximum atomic E-state index is 5.72. The van der Waals surface area contributed by atoms with Crippen molar-refractivity contribution in [1.82, 2.24) is 0 Å². The Balaban J connectivity index is 1.51. The highest BCUT2D eigenvalue weighted by molar-refractivity contribution is 9.09. The van der Waals surface area contributed by atoms with Gasteiger partial charge in [-0.2, -0.15) is 0 Å². The van der Waals surface area contributed by atoms with E-state index in [9.17, 15) is 0 Å². The zero-order chi connectivity index (χ0) is 9.10. The van der Waals surface area contributed by atoms with Gasteiger partial charge < -0.3 is 9.47 Å². The Morgan fingerprint density at radius 1 is 1.31 bits per heavy atom. The van der Waals surface area contributed by atoms with Crippen LogP contribution in [0.4, 0.5) is 0 Å². The quantitative estimate of drug-likeness (QED) is 0.550. The van der Waals surface area contributed by atoms with E-state index in [0.29, 0.717) is 10.9 Å². The van der Waals surface area contributed by atoms with Gasteiger partial charge in [-0.25, -0.2) is 0 Å². The fourth-order valence-electron chi connectivity index (χ4n) is 1.67. The van der Waals surface area contributed by atoms with Crippen molar-refractivity contribution in [2.75, 3.05) is 19.8 Å². The van der Waals surface area contributed by atoms with Crippen molar-refractivity contribution in [3.05, 3.63) is 0 Å². The van der Waals surface area contributed by atoms with Crippen LogP contribution in [0.25, 0.3) is 0 Å². The highest BCUT2D eigenvalue weighted by Gasteiger charge is 2.26. The third kappa shape index (κ3) is 3.22. The van der Waals surface area contributed by atoms with E-state index in [4.69, 9.17) is 9.47 Å². The Kier molecular flexibility index (Phi) is 3.64. The van der Waals surface area contributed by atoms with Crippen molar-refractivity contribution in [1.29, 1.82) is 0 Å². The van der Waals surface area contributed by atoms with Gasteiger partial charge in [-0.05, 0) is 18.8 Å². The van der Waals surface area contributed by atoms with Crippen LogP contribution < -0.4 is 0 Å². The molecule has 0 aromatic carbocycles. The molecule has 0 aromatic rings. The summed E-state index contributed by atoms with van der Waals surface area (Å²) in [5.41, 5.74) is 0. The van der Waals surface area contributed by atoms with Gasteiger partial charge in [-0.3, -0.25) is 0 Å². The van der Waals surface area contributed by atoms with Crippen molar-refractivity contribution in [3.63, 3.8) is 0 Å². The molecule has 1 saturated heterocycles. The van der Waals surface area contributed by atoms with Crippen LogP contribution in [-0.4, -0.2) is 30.8 Å². The summed E-state index contributed by atoms with van der Waals surface area (Å²) in [4.78, 5) is 0.411. The number of alkyl halides is 1. The minimum atomic E-state index is 0.291. The molecular weight excluding hydrogens is 232 g/mol. The minimum absolute atomic E-state index is 0.291. The third-order valence-corrected chi connectivity index (χ3v) is 3.60. The van der Waals surface area contributed by atoms with E-state index >= 15 is 0 Å². The molecule has 2 aliphatic rings. The van der Waals surface area contributed by atoms with Gasteiger partial charge in [0.1, 0.15) is 0 Å². The molecule has 1 heterocycles. The molecule has 2 rings (SSSR count). The summed E-state index contributed by atoms with van der Waals surface area (Å²) < 4.78 is 11.0. The van der Waals surface area contributed by atoms with Crippen LogP contribution in [0, 0.1) is 5.92 Å². The third-order valence-electron chi connectivity index (χ3n) is 2.75. The Labute approximate surface area is 88.1 Å². The first-order valence-electron chi connectivity index (χ1n) is 5.19. The molecule has 2 atom stereocenters. The number of rotatable bonds is 5. The molecule has 1 saturated carbocycles. The molecule has 0 amide bonds. The Hall–Kier alpha value is 0.400. The second kappa shape index (κ2) is 4.76. The van der Waals surface area contributed by atoms with Crippen molar-refractivity contribution in [3.8, 4) is 0 Å². The maximum Gasteiger partial charge on any atom is 0.0955 e. The summed E-state index contributed by atoms with van der Waals surface area (Å²) in [6.45, 7) is 2.47. The molecule has 0 bridgehead atoms. The maximum absolute atomic E-state index is 5.72. The lowest BCUT2D eigenvalue weighted by Crippen LogP contribution is -2.22. The molecule has 0 N–H and O–H groups in total. The first kappa shape index (κ1) is 9.94. The molecule has 2 nitrogen and oxygen atoms in total. The molecule has 76 valence electrons. The van der Waals surface area contributed by atoms with E-state index in [1.807, 2.05) is 0 Å². The fraction of sp³-hybridized carbons (Fsp3) is 1.00. The summed E-state index contributed by atoms with van der Waals surface area (Å²) in [6, 6.07) is 0. The normalized spacial score (nSPS) is 33.9. The zero-order valence-corrected chi connectivity index (χ0v) is 9.46. The van der Waals surface area contributed by atoms with Gasteiger partial charge in [-0.1, -0.05) is 28.8 Å². The smallest absolute Gasteiger partial charge is 0.0955 e. The van der Waals surface area contributed by atoms with Crippen molar-refractivity contribution >= 4 is 15.9 Å². The lowest BCUT2D eigenvalue weighted by Gasteiger charge is -2.12. The molecule has 0 radical (unpaired) electrons. The van der Waals surface area contributed by atoms with Crippen molar-refractivity contribution in [2.24, 2.45) is 5.92 Å². The summed E-state index contributed by atoms with van der Waals surface area (Å²) >= 11 is 3.55. The molecule has 1 aliphatic heterocycles. The van der Waals surface area contributed by atoms with Gasteiger partial charge in [0.2, 0.25) is 0 Å². The largest absolute Gasteiger partial charge is 0.377 e. The van der Waals surface area contributed by atoms with Gasteiger partial charge >= 0.3 is 0 Å². The standard InChI is InChI=1S/C10H17BrO2/c11-9-6-12-7-10(9)13-5-1-2-8-3-4-8/h8-10H,1-7H2. The van der Waals surface area contributed by atoms with Crippen LogP contribution in [0.1, 0.15) is 25.7 Å². The van der Waals surface area contributed by atoms with Gasteiger partial charge in [0.05, 0.1) is 24.1 Å². The topological polar surface area (TPSA) is 18.5 Å². The molecule has 1 aliphatic carbocycles. The van der Waals surface area contributed by atoms with Gasteiger partial charge in [0.25, 0.3) is 0 Å². The monoisotopic (exact) mass is 248 g/mol. The van der Waals surface area contributed by atoms with Crippen molar-refractivity contribution < 1.29 is 9.47 Å². The van der Waals surface area contributed by atoms with E-state index in [1.165, 1.54) is 25.7 Å². The average molecular weight is 249 g/mol. The van der Waals surface area contributed by atoms with Gasteiger partial charge in [0, 0.05) is 6.61 Å². The highest BCUT2D eigenvalue weighted by atomic mass is 79.9. The van der Waals surface area contributed by atoms with Crippen LogP contribution in [0.15, 0.2) is 0 Å². The van der Waals surface area contributed by atoms with E-state index in [-0.39, 0.29) is 0 Å². The van der Waals surface area contributed by atoms with Gasteiger partial charge in [0.15, 0.2) is 0 Å². The Morgan fingerprint density at radius 3 is 2.77 bits per heavy atom. The molecule has 3 heteroatoms. The predicted octanol–water partition coefficient (Wildman–Crippen LogP) is 2.36. The van der Waals surface area contributed by atoms with E-state index in [2.05, 4.69) is 15.9 Å². The second-order valence-electron chi connectivity index (χ2n) is 4.05. The van der Waals surface area contributed by atoms with Crippen molar-refractivity contribution in [2.45, 2.75) is 36.6 Å². The summed E-state index contributed by atoms with van der Waals surface area (Å²) in [6.07, 6.45) is 5.78.